The normalized spacial score (nSPS) is 10.2. The summed E-state index contributed by atoms with van der Waals surface area (Å²) in [4.78, 5) is 23.5. The molecule has 0 unspecified atom stereocenters. The van der Waals surface area contributed by atoms with Crippen molar-refractivity contribution in [2.24, 2.45) is 0 Å². The van der Waals surface area contributed by atoms with Crippen LogP contribution in [0.1, 0.15) is 10.4 Å². The molecule has 8 heteroatoms. The Morgan fingerprint density at radius 2 is 1.67 bits per heavy atom. The fourth-order valence-electron chi connectivity index (χ4n) is 1.84. The lowest BCUT2D eigenvalue weighted by atomic mass is 10.2. The molecule has 0 atom stereocenters. The maximum atomic E-state index is 13.5. The lowest BCUT2D eigenvalue weighted by molar-refractivity contribution is -0.115. The molecule has 0 bridgehead atoms. The van der Waals surface area contributed by atoms with Crippen LogP contribution in [-0.2, 0) is 4.79 Å². The van der Waals surface area contributed by atoms with Gasteiger partial charge in [0.25, 0.3) is 5.91 Å². The molecule has 0 heterocycles. The number of hydrogen-bond donors (Lipinski definition) is 2. The Bertz CT molecular complexity index is 764. The van der Waals surface area contributed by atoms with Crippen LogP contribution in [0.25, 0.3) is 0 Å². The van der Waals surface area contributed by atoms with Crippen molar-refractivity contribution in [2.45, 2.75) is 0 Å². The van der Waals surface area contributed by atoms with E-state index in [1.165, 1.54) is 7.11 Å². The van der Waals surface area contributed by atoms with E-state index in [4.69, 9.17) is 4.74 Å². The molecule has 0 aliphatic heterocycles. The highest BCUT2D eigenvalue weighted by atomic mass is 19.2. The summed E-state index contributed by atoms with van der Waals surface area (Å²) in [5.41, 5.74) is -0.222. The minimum atomic E-state index is -1.75. The van der Waals surface area contributed by atoms with Crippen molar-refractivity contribution >= 4 is 17.5 Å². The highest BCUT2D eigenvalue weighted by Gasteiger charge is 2.19. The number of anilines is 1. The number of halogens is 3. The molecule has 0 aliphatic rings. The number of hydrogen-bond acceptors (Lipinski definition) is 3. The average molecular weight is 338 g/mol. The number of rotatable bonds is 5. The minimum Gasteiger partial charge on any atom is -0.497 e. The highest BCUT2D eigenvalue weighted by molar-refractivity contribution is 5.99. The van der Waals surface area contributed by atoms with E-state index < -0.39 is 41.4 Å². The van der Waals surface area contributed by atoms with E-state index in [9.17, 15) is 22.8 Å². The summed E-state index contributed by atoms with van der Waals surface area (Å²) in [6.07, 6.45) is 0. The molecule has 0 aromatic heterocycles. The van der Waals surface area contributed by atoms with Gasteiger partial charge in [-0.3, -0.25) is 9.59 Å². The quantitative estimate of drug-likeness (QED) is 0.823. The van der Waals surface area contributed by atoms with Gasteiger partial charge in [0.05, 0.1) is 19.2 Å². The van der Waals surface area contributed by atoms with Crippen molar-refractivity contribution in [1.82, 2.24) is 5.32 Å². The fourth-order valence-corrected chi connectivity index (χ4v) is 1.84. The second-order valence-electron chi connectivity index (χ2n) is 4.68. The van der Waals surface area contributed by atoms with E-state index in [1.807, 2.05) is 0 Å². The molecular formula is C16H13F3N2O3. The predicted octanol–water partition coefficient (Wildman–Crippen LogP) is 2.48. The lowest BCUT2D eigenvalue weighted by Gasteiger charge is -2.08. The van der Waals surface area contributed by atoms with E-state index in [0.29, 0.717) is 17.5 Å². The van der Waals surface area contributed by atoms with Crippen LogP contribution in [0.5, 0.6) is 5.75 Å². The molecule has 0 saturated heterocycles. The Hall–Kier alpha value is -3.03. The molecule has 0 radical (unpaired) electrons. The van der Waals surface area contributed by atoms with Crippen molar-refractivity contribution in [1.29, 1.82) is 0 Å². The Balaban J connectivity index is 1.93. The Morgan fingerprint density at radius 1 is 1.00 bits per heavy atom. The lowest BCUT2D eigenvalue weighted by Crippen LogP contribution is -2.33. The molecule has 0 spiro atoms. The van der Waals surface area contributed by atoms with Crippen LogP contribution in [0.15, 0.2) is 36.4 Å². The fraction of sp³-hybridized carbons (Fsp3) is 0.125. The first kappa shape index (κ1) is 17.3. The van der Waals surface area contributed by atoms with Crippen LogP contribution in [0.3, 0.4) is 0 Å². The van der Waals surface area contributed by atoms with Crippen LogP contribution in [0, 0.1) is 17.5 Å². The first-order chi connectivity index (χ1) is 11.4. The first-order valence-electron chi connectivity index (χ1n) is 6.78. The second-order valence-corrected chi connectivity index (χ2v) is 4.68. The number of ether oxygens (including phenoxy) is 1. The first-order valence-corrected chi connectivity index (χ1v) is 6.78. The van der Waals surface area contributed by atoms with Gasteiger partial charge in [-0.1, -0.05) is 0 Å². The SMILES string of the molecule is COc1ccc(NC(=O)CNC(=O)c2ccc(F)c(F)c2F)cc1. The van der Waals surface area contributed by atoms with Gasteiger partial charge >= 0.3 is 0 Å². The van der Waals surface area contributed by atoms with Crippen LogP contribution in [0.4, 0.5) is 18.9 Å². The zero-order valence-electron chi connectivity index (χ0n) is 12.5. The van der Waals surface area contributed by atoms with Crippen molar-refractivity contribution in [2.75, 3.05) is 19.0 Å². The van der Waals surface area contributed by atoms with E-state index in [-0.39, 0.29) is 0 Å². The number of carbonyl (C=O) groups is 2. The van der Waals surface area contributed by atoms with E-state index in [0.717, 1.165) is 6.07 Å². The number of nitrogens with one attached hydrogen (secondary N) is 2. The third kappa shape index (κ3) is 4.03. The summed E-state index contributed by atoms with van der Waals surface area (Å²) in [6.45, 7) is -0.469. The molecule has 24 heavy (non-hydrogen) atoms. The van der Waals surface area contributed by atoms with Gasteiger partial charge in [-0.25, -0.2) is 13.2 Å². The molecule has 0 aliphatic carbocycles. The minimum absolute atomic E-state index is 0.467. The molecule has 0 saturated carbocycles. The summed E-state index contributed by atoms with van der Waals surface area (Å²) in [6, 6.07) is 7.87. The third-order valence-corrected chi connectivity index (χ3v) is 3.06. The molecule has 5 nitrogen and oxygen atoms in total. The van der Waals surface area contributed by atoms with Crippen LogP contribution < -0.4 is 15.4 Å². The van der Waals surface area contributed by atoms with Crippen LogP contribution >= 0.6 is 0 Å². The van der Waals surface area contributed by atoms with Gasteiger partial charge in [0, 0.05) is 5.69 Å². The van der Waals surface area contributed by atoms with Crippen molar-refractivity contribution < 1.29 is 27.5 Å². The van der Waals surface area contributed by atoms with Gasteiger partial charge in [-0.2, -0.15) is 0 Å². The standard InChI is InChI=1S/C16H13F3N2O3/c1-24-10-4-2-9(3-5-10)21-13(22)8-20-16(23)11-6-7-12(17)15(19)14(11)18/h2-7H,8H2,1H3,(H,20,23)(H,21,22). The second kappa shape index (κ2) is 7.49. The summed E-state index contributed by atoms with van der Waals surface area (Å²) in [5.74, 6) is -5.75. The molecule has 2 rings (SSSR count). The zero-order chi connectivity index (χ0) is 17.7. The van der Waals surface area contributed by atoms with Gasteiger partial charge in [0.1, 0.15) is 5.75 Å². The van der Waals surface area contributed by atoms with E-state index >= 15 is 0 Å². The Kier molecular flexibility index (Phi) is 5.41. The molecule has 2 N–H and O–H groups in total. The van der Waals surface area contributed by atoms with Crippen molar-refractivity contribution in [3.8, 4) is 5.75 Å². The molecule has 2 amide bonds. The average Bonchev–Trinajstić information content (AvgIpc) is 2.58. The zero-order valence-corrected chi connectivity index (χ0v) is 12.5. The van der Waals surface area contributed by atoms with Crippen LogP contribution in [0.2, 0.25) is 0 Å². The third-order valence-electron chi connectivity index (χ3n) is 3.06. The van der Waals surface area contributed by atoms with Crippen LogP contribution in [-0.4, -0.2) is 25.5 Å². The smallest absolute Gasteiger partial charge is 0.254 e. The van der Waals surface area contributed by atoms with Gasteiger partial charge in [-0.05, 0) is 36.4 Å². The molecule has 2 aromatic rings. The molecule has 0 fully saturated rings. The Morgan fingerprint density at radius 3 is 2.29 bits per heavy atom. The van der Waals surface area contributed by atoms with Gasteiger partial charge < -0.3 is 15.4 Å². The Labute approximate surface area is 135 Å². The number of methoxy groups -OCH3 is 1. The molecule has 2 aromatic carbocycles. The monoisotopic (exact) mass is 338 g/mol. The van der Waals surface area contributed by atoms with Gasteiger partial charge in [0.15, 0.2) is 17.5 Å². The van der Waals surface area contributed by atoms with Gasteiger partial charge in [-0.15, -0.1) is 0 Å². The highest BCUT2D eigenvalue weighted by Crippen LogP contribution is 2.16. The number of carbonyl (C=O) groups excluding carboxylic acids is 2. The number of amides is 2. The summed E-state index contributed by atoms with van der Waals surface area (Å²) in [5, 5.41) is 4.62. The summed E-state index contributed by atoms with van der Waals surface area (Å²) >= 11 is 0. The van der Waals surface area contributed by atoms with Crippen molar-refractivity contribution in [3.63, 3.8) is 0 Å². The predicted molar refractivity (Wildman–Crippen MR) is 80.3 cm³/mol. The van der Waals surface area contributed by atoms with Crippen molar-refractivity contribution in [3.05, 3.63) is 59.4 Å². The summed E-state index contributed by atoms with van der Waals surface area (Å²) in [7, 11) is 1.50. The molecule has 126 valence electrons. The maximum Gasteiger partial charge on any atom is 0.254 e. The topological polar surface area (TPSA) is 67.4 Å². The van der Waals surface area contributed by atoms with E-state index in [2.05, 4.69) is 10.6 Å². The molecular weight excluding hydrogens is 325 g/mol. The number of benzene rings is 2. The largest absolute Gasteiger partial charge is 0.497 e. The van der Waals surface area contributed by atoms with E-state index in [1.54, 1.807) is 24.3 Å². The maximum absolute atomic E-state index is 13.5. The van der Waals surface area contributed by atoms with Gasteiger partial charge in [0.2, 0.25) is 5.91 Å². The summed E-state index contributed by atoms with van der Waals surface area (Å²) < 4.78 is 44.3.